The van der Waals surface area contributed by atoms with Gasteiger partial charge in [-0.15, -0.1) is 0 Å². The van der Waals surface area contributed by atoms with Crippen LogP contribution in [0.3, 0.4) is 0 Å². The van der Waals surface area contributed by atoms with E-state index in [9.17, 15) is 4.79 Å². The Bertz CT molecular complexity index is 260. The first-order valence-corrected chi connectivity index (χ1v) is 6.04. The standard InChI is InChI=1S/C12H21NO2/c1-8-3-4-10(7-9(8)2)13-12(5-6-12)11(14)15/h8-10,13H,3-7H2,1-2H3,(H,14,15). The maximum absolute atomic E-state index is 11.0. The minimum absolute atomic E-state index is 0.426. The summed E-state index contributed by atoms with van der Waals surface area (Å²) in [5.74, 6) is 0.859. The van der Waals surface area contributed by atoms with Gasteiger partial charge in [-0.05, 0) is 43.9 Å². The van der Waals surface area contributed by atoms with E-state index in [4.69, 9.17) is 5.11 Å². The van der Waals surface area contributed by atoms with Gasteiger partial charge in [0.15, 0.2) is 0 Å². The highest BCUT2D eigenvalue weighted by Gasteiger charge is 2.51. The molecule has 0 aliphatic heterocycles. The molecule has 2 rings (SSSR count). The van der Waals surface area contributed by atoms with E-state index in [1.54, 1.807) is 0 Å². The molecule has 0 aromatic rings. The number of hydrogen-bond donors (Lipinski definition) is 2. The van der Waals surface area contributed by atoms with E-state index in [1.807, 2.05) is 0 Å². The van der Waals surface area contributed by atoms with Gasteiger partial charge >= 0.3 is 5.97 Å². The Balaban J connectivity index is 1.88. The fourth-order valence-electron chi connectivity index (χ4n) is 2.61. The largest absolute Gasteiger partial charge is 0.480 e. The van der Waals surface area contributed by atoms with Crippen LogP contribution in [0.2, 0.25) is 0 Å². The molecule has 2 fully saturated rings. The molecule has 15 heavy (non-hydrogen) atoms. The number of carbonyl (C=O) groups is 1. The van der Waals surface area contributed by atoms with Gasteiger partial charge in [-0.3, -0.25) is 10.1 Å². The van der Waals surface area contributed by atoms with Gasteiger partial charge in [0.25, 0.3) is 0 Å². The minimum Gasteiger partial charge on any atom is -0.480 e. The van der Waals surface area contributed by atoms with E-state index in [0.29, 0.717) is 6.04 Å². The summed E-state index contributed by atoms with van der Waals surface area (Å²) in [6.45, 7) is 4.57. The molecule has 0 spiro atoms. The van der Waals surface area contributed by atoms with Crippen molar-refractivity contribution in [2.45, 2.75) is 57.5 Å². The van der Waals surface area contributed by atoms with Crippen LogP contribution in [0.15, 0.2) is 0 Å². The monoisotopic (exact) mass is 211 g/mol. The summed E-state index contributed by atoms with van der Waals surface area (Å²) in [6, 6.07) is 0.426. The van der Waals surface area contributed by atoms with Crippen molar-refractivity contribution in [2.24, 2.45) is 11.8 Å². The normalized spacial score (nSPS) is 38.7. The zero-order chi connectivity index (χ0) is 11.1. The van der Waals surface area contributed by atoms with E-state index in [0.717, 1.165) is 37.5 Å². The number of carboxylic acid groups (broad SMARTS) is 1. The summed E-state index contributed by atoms with van der Waals surface area (Å²) in [4.78, 5) is 11.0. The molecular weight excluding hydrogens is 190 g/mol. The number of carboxylic acids is 1. The van der Waals surface area contributed by atoms with Crippen molar-refractivity contribution in [3.8, 4) is 0 Å². The van der Waals surface area contributed by atoms with Gasteiger partial charge in [0.05, 0.1) is 0 Å². The second-order valence-electron chi connectivity index (χ2n) is 5.50. The maximum Gasteiger partial charge on any atom is 0.323 e. The summed E-state index contributed by atoms with van der Waals surface area (Å²) in [5.41, 5.74) is -0.551. The van der Waals surface area contributed by atoms with Crippen molar-refractivity contribution < 1.29 is 9.90 Å². The summed E-state index contributed by atoms with van der Waals surface area (Å²) in [7, 11) is 0. The van der Waals surface area contributed by atoms with Gasteiger partial charge in [-0.25, -0.2) is 0 Å². The van der Waals surface area contributed by atoms with Crippen LogP contribution in [0.25, 0.3) is 0 Å². The highest BCUT2D eigenvalue weighted by atomic mass is 16.4. The first-order valence-electron chi connectivity index (χ1n) is 6.04. The summed E-state index contributed by atoms with van der Waals surface area (Å²) in [5, 5.41) is 12.4. The molecule has 0 amide bonds. The molecule has 0 bridgehead atoms. The van der Waals surface area contributed by atoms with Crippen LogP contribution in [-0.4, -0.2) is 22.7 Å². The van der Waals surface area contributed by atoms with Crippen LogP contribution >= 0.6 is 0 Å². The highest BCUT2D eigenvalue weighted by Crippen LogP contribution is 2.39. The molecule has 86 valence electrons. The van der Waals surface area contributed by atoms with Gasteiger partial charge in [0.1, 0.15) is 5.54 Å². The summed E-state index contributed by atoms with van der Waals surface area (Å²) >= 11 is 0. The van der Waals surface area contributed by atoms with E-state index in [2.05, 4.69) is 19.2 Å². The van der Waals surface area contributed by atoms with Crippen LogP contribution in [-0.2, 0) is 4.79 Å². The van der Waals surface area contributed by atoms with E-state index in [1.165, 1.54) is 6.42 Å². The Hall–Kier alpha value is -0.570. The molecule has 3 nitrogen and oxygen atoms in total. The molecule has 0 heterocycles. The lowest BCUT2D eigenvalue weighted by Crippen LogP contribution is -2.47. The Morgan fingerprint density at radius 2 is 1.93 bits per heavy atom. The van der Waals surface area contributed by atoms with Crippen molar-refractivity contribution in [2.75, 3.05) is 0 Å². The Morgan fingerprint density at radius 1 is 1.27 bits per heavy atom. The van der Waals surface area contributed by atoms with Crippen LogP contribution in [0.4, 0.5) is 0 Å². The quantitative estimate of drug-likeness (QED) is 0.751. The van der Waals surface area contributed by atoms with E-state index < -0.39 is 11.5 Å². The molecule has 0 saturated heterocycles. The van der Waals surface area contributed by atoms with Crippen molar-refractivity contribution in [1.82, 2.24) is 5.32 Å². The maximum atomic E-state index is 11.0. The molecule has 0 aromatic carbocycles. The highest BCUT2D eigenvalue weighted by molar-refractivity contribution is 5.82. The average molecular weight is 211 g/mol. The fourth-order valence-corrected chi connectivity index (χ4v) is 2.61. The van der Waals surface area contributed by atoms with Crippen LogP contribution in [0, 0.1) is 11.8 Å². The first kappa shape index (κ1) is 10.9. The van der Waals surface area contributed by atoms with Gasteiger partial charge in [-0.2, -0.15) is 0 Å². The van der Waals surface area contributed by atoms with Gasteiger partial charge in [0, 0.05) is 6.04 Å². The molecule has 2 N–H and O–H groups in total. The molecule has 2 aliphatic rings. The van der Waals surface area contributed by atoms with Crippen molar-refractivity contribution in [1.29, 1.82) is 0 Å². The second-order valence-corrected chi connectivity index (χ2v) is 5.50. The molecule has 0 aromatic heterocycles. The average Bonchev–Trinajstić information content (AvgIpc) is 2.93. The lowest BCUT2D eigenvalue weighted by molar-refractivity contribution is -0.141. The third-order valence-electron chi connectivity index (χ3n) is 4.24. The Labute approximate surface area is 91.2 Å². The summed E-state index contributed by atoms with van der Waals surface area (Å²) < 4.78 is 0. The van der Waals surface area contributed by atoms with Crippen LogP contribution < -0.4 is 5.32 Å². The Morgan fingerprint density at radius 3 is 2.40 bits per heavy atom. The first-order chi connectivity index (χ1) is 7.03. The predicted molar refractivity (Wildman–Crippen MR) is 58.7 cm³/mol. The van der Waals surface area contributed by atoms with Gasteiger partial charge < -0.3 is 5.11 Å². The number of rotatable bonds is 3. The zero-order valence-electron chi connectivity index (χ0n) is 9.62. The van der Waals surface area contributed by atoms with Crippen LogP contribution in [0.1, 0.15) is 46.0 Å². The lowest BCUT2D eigenvalue weighted by atomic mass is 9.79. The Kier molecular flexibility index (Phi) is 2.75. The van der Waals surface area contributed by atoms with Crippen LogP contribution in [0.5, 0.6) is 0 Å². The smallest absolute Gasteiger partial charge is 0.323 e. The zero-order valence-corrected chi connectivity index (χ0v) is 9.62. The molecule has 3 heteroatoms. The third-order valence-corrected chi connectivity index (χ3v) is 4.24. The summed E-state index contributed by atoms with van der Waals surface area (Å²) in [6.07, 6.45) is 5.12. The van der Waals surface area contributed by atoms with E-state index >= 15 is 0 Å². The molecule has 3 unspecified atom stereocenters. The van der Waals surface area contributed by atoms with Crippen molar-refractivity contribution in [3.63, 3.8) is 0 Å². The molecule has 3 atom stereocenters. The molecular formula is C12H21NO2. The van der Waals surface area contributed by atoms with Gasteiger partial charge in [0.2, 0.25) is 0 Å². The fraction of sp³-hybridized carbons (Fsp3) is 0.917. The number of nitrogens with one attached hydrogen (secondary N) is 1. The third kappa shape index (κ3) is 2.17. The van der Waals surface area contributed by atoms with Crippen molar-refractivity contribution >= 4 is 5.97 Å². The molecule has 0 radical (unpaired) electrons. The topological polar surface area (TPSA) is 49.3 Å². The number of aliphatic carboxylic acids is 1. The minimum atomic E-state index is -0.659. The van der Waals surface area contributed by atoms with Crippen molar-refractivity contribution in [3.05, 3.63) is 0 Å². The SMILES string of the molecule is CC1CCC(NC2(C(=O)O)CC2)CC1C. The molecule has 2 aliphatic carbocycles. The predicted octanol–water partition coefficient (Wildman–Crippen LogP) is 2.02. The molecule has 2 saturated carbocycles. The number of hydrogen-bond acceptors (Lipinski definition) is 2. The second kappa shape index (κ2) is 3.78. The van der Waals surface area contributed by atoms with E-state index in [-0.39, 0.29) is 0 Å². The lowest BCUT2D eigenvalue weighted by Gasteiger charge is -2.34. The van der Waals surface area contributed by atoms with Gasteiger partial charge in [-0.1, -0.05) is 13.8 Å².